The third kappa shape index (κ3) is 5.32. The van der Waals surface area contributed by atoms with Crippen molar-refractivity contribution in [2.75, 3.05) is 13.2 Å². The molecule has 1 rings (SSSR count). The Morgan fingerprint density at radius 2 is 2.05 bits per heavy atom. The van der Waals surface area contributed by atoms with Gasteiger partial charge in [-0.2, -0.15) is 0 Å². The summed E-state index contributed by atoms with van der Waals surface area (Å²) in [5.41, 5.74) is 6.65. The lowest BCUT2D eigenvalue weighted by molar-refractivity contribution is -0.123. The van der Waals surface area contributed by atoms with Crippen molar-refractivity contribution in [1.82, 2.24) is 5.32 Å². The Morgan fingerprint density at radius 1 is 1.38 bits per heavy atom. The summed E-state index contributed by atoms with van der Waals surface area (Å²) in [5, 5.41) is 3.03. The minimum absolute atomic E-state index is 0.0209. The van der Waals surface area contributed by atoms with Gasteiger partial charge in [0.05, 0.1) is 23.0 Å². The molecule has 3 N–H and O–H groups in total. The molecule has 0 saturated carbocycles. The molecule has 0 bridgehead atoms. The molecule has 4 nitrogen and oxygen atoms in total. The lowest BCUT2D eigenvalue weighted by Crippen LogP contribution is -2.53. The number of carbonyl (C=O) groups excluding carboxylic acids is 1. The maximum absolute atomic E-state index is 12.0. The average Bonchev–Trinajstić information content (AvgIpc) is 2.47. The van der Waals surface area contributed by atoms with Crippen LogP contribution in [0, 0.1) is 6.92 Å². The molecule has 21 heavy (non-hydrogen) atoms. The fourth-order valence-electron chi connectivity index (χ4n) is 2.10. The van der Waals surface area contributed by atoms with E-state index < -0.39 is 0 Å². The average molecular weight is 357 g/mol. The van der Waals surface area contributed by atoms with Gasteiger partial charge in [0.1, 0.15) is 5.75 Å². The number of rotatable bonds is 8. The second-order valence-electron chi connectivity index (χ2n) is 5.27. The summed E-state index contributed by atoms with van der Waals surface area (Å²) in [6, 6.07) is 5.87. The zero-order chi connectivity index (χ0) is 15.9. The van der Waals surface area contributed by atoms with Crippen LogP contribution >= 0.6 is 15.9 Å². The summed E-state index contributed by atoms with van der Waals surface area (Å²) >= 11 is 3.45. The van der Waals surface area contributed by atoms with Crippen LogP contribution in [0.1, 0.15) is 38.7 Å². The van der Waals surface area contributed by atoms with Crippen LogP contribution in [-0.4, -0.2) is 24.6 Å². The lowest BCUT2D eigenvalue weighted by Gasteiger charge is -2.31. The summed E-state index contributed by atoms with van der Waals surface area (Å²) in [5.74, 6) is 0.733. The monoisotopic (exact) mass is 356 g/mol. The Hall–Kier alpha value is -1.07. The second kappa shape index (κ2) is 8.39. The highest BCUT2D eigenvalue weighted by Crippen LogP contribution is 2.25. The lowest BCUT2D eigenvalue weighted by atomic mass is 9.93. The van der Waals surface area contributed by atoms with E-state index in [1.807, 2.05) is 39.0 Å². The summed E-state index contributed by atoms with van der Waals surface area (Å²) in [7, 11) is 0. The zero-order valence-corrected chi connectivity index (χ0v) is 14.6. The molecule has 0 saturated heterocycles. The highest BCUT2D eigenvalue weighted by atomic mass is 79.9. The second-order valence-corrected chi connectivity index (χ2v) is 6.13. The molecule has 118 valence electrons. The van der Waals surface area contributed by atoms with Crippen LogP contribution in [0.3, 0.4) is 0 Å². The number of ether oxygens (including phenoxy) is 1. The molecule has 0 aliphatic rings. The first-order valence-electron chi connectivity index (χ1n) is 7.36. The van der Waals surface area contributed by atoms with E-state index in [0.717, 1.165) is 28.6 Å². The van der Waals surface area contributed by atoms with Crippen molar-refractivity contribution < 1.29 is 9.53 Å². The van der Waals surface area contributed by atoms with Crippen molar-refractivity contribution in [2.24, 2.45) is 5.73 Å². The Balaban J connectivity index is 2.46. The number of amides is 1. The molecule has 1 amide bonds. The van der Waals surface area contributed by atoms with Gasteiger partial charge >= 0.3 is 0 Å². The number of carbonyl (C=O) groups is 1. The topological polar surface area (TPSA) is 64.3 Å². The molecule has 0 aromatic heterocycles. The zero-order valence-electron chi connectivity index (χ0n) is 13.0. The first-order valence-corrected chi connectivity index (χ1v) is 8.15. The van der Waals surface area contributed by atoms with Gasteiger partial charge in [-0.25, -0.2) is 0 Å². The predicted molar refractivity (Wildman–Crippen MR) is 89.5 cm³/mol. The Bertz CT molecular complexity index is 465. The standard InChI is InChI=1S/C16H25BrN2O2/c1-4-16(5-2,11-18)19-15(20)8-9-21-14-7-6-12(3)10-13(14)17/h6-7,10H,4-5,8-9,11,18H2,1-3H3,(H,19,20). The third-order valence-electron chi connectivity index (χ3n) is 3.82. The number of hydrogen-bond donors (Lipinski definition) is 2. The molecule has 0 radical (unpaired) electrons. The minimum atomic E-state index is -0.290. The van der Waals surface area contributed by atoms with Gasteiger partial charge in [-0.1, -0.05) is 19.9 Å². The van der Waals surface area contributed by atoms with Gasteiger partial charge in [-0.05, 0) is 53.4 Å². The molecule has 1 aromatic rings. The highest BCUT2D eigenvalue weighted by Gasteiger charge is 2.25. The summed E-state index contributed by atoms with van der Waals surface area (Å²) < 4.78 is 6.54. The van der Waals surface area contributed by atoms with Crippen LogP contribution in [-0.2, 0) is 4.79 Å². The molecular formula is C16H25BrN2O2. The van der Waals surface area contributed by atoms with Crippen LogP contribution in [0.4, 0.5) is 0 Å². The molecule has 0 heterocycles. The SMILES string of the molecule is CCC(CC)(CN)NC(=O)CCOc1ccc(C)cc1Br. The number of halogens is 1. The number of hydrogen-bond acceptors (Lipinski definition) is 3. The molecule has 0 spiro atoms. The summed E-state index contributed by atoms with van der Waals surface area (Å²) in [6.45, 7) is 6.90. The molecule has 0 unspecified atom stereocenters. The molecule has 1 aromatic carbocycles. The van der Waals surface area contributed by atoms with E-state index in [9.17, 15) is 4.79 Å². The van der Waals surface area contributed by atoms with Crippen LogP contribution < -0.4 is 15.8 Å². The predicted octanol–water partition coefficient (Wildman–Crippen LogP) is 3.16. The Labute approximate surface area is 135 Å². The maximum atomic E-state index is 12.0. The van der Waals surface area contributed by atoms with E-state index in [1.54, 1.807) is 0 Å². The summed E-state index contributed by atoms with van der Waals surface area (Å²) in [6.07, 6.45) is 1.98. The van der Waals surface area contributed by atoms with Gasteiger partial charge in [0.15, 0.2) is 0 Å². The van der Waals surface area contributed by atoms with Crippen molar-refractivity contribution in [3.05, 3.63) is 28.2 Å². The van der Waals surface area contributed by atoms with E-state index in [-0.39, 0.29) is 11.4 Å². The van der Waals surface area contributed by atoms with Gasteiger partial charge in [0, 0.05) is 6.54 Å². The van der Waals surface area contributed by atoms with Crippen molar-refractivity contribution in [3.63, 3.8) is 0 Å². The van der Waals surface area contributed by atoms with Gasteiger partial charge in [0.2, 0.25) is 5.91 Å². The molecule has 5 heteroatoms. The number of benzene rings is 1. The van der Waals surface area contributed by atoms with Gasteiger partial charge in [-0.3, -0.25) is 4.79 Å². The largest absolute Gasteiger partial charge is 0.492 e. The normalized spacial score (nSPS) is 11.3. The minimum Gasteiger partial charge on any atom is -0.492 e. The van der Waals surface area contributed by atoms with E-state index in [0.29, 0.717) is 19.6 Å². The molecule has 0 aliphatic carbocycles. The quantitative estimate of drug-likeness (QED) is 0.751. The Kier molecular flexibility index (Phi) is 7.18. The molecular weight excluding hydrogens is 332 g/mol. The molecule has 0 fully saturated rings. The van der Waals surface area contributed by atoms with E-state index in [4.69, 9.17) is 10.5 Å². The molecule has 0 aliphatic heterocycles. The molecule has 0 atom stereocenters. The van der Waals surface area contributed by atoms with Crippen LogP contribution in [0.15, 0.2) is 22.7 Å². The number of aryl methyl sites for hydroxylation is 1. The van der Waals surface area contributed by atoms with Crippen molar-refractivity contribution in [1.29, 1.82) is 0 Å². The number of nitrogens with one attached hydrogen (secondary N) is 1. The van der Waals surface area contributed by atoms with Gasteiger partial charge < -0.3 is 15.8 Å². The van der Waals surface area contributed by atoms with Gasteiger partial charge in [-0.15, -0.1) is 0 Å². The number of nitrogens with two attached hydrogens (primary N) is 1. The first-order chi connectivity index (χ1) is 9.96. The van der Waals surface area contributed by atoms with Crippen LogP contribution in [0.2, 0.25) is 0 Å². The smallest absolute Gasteiger partial charge is 0.223 e. The maximum Gasteiger partial charge on any atom is 0.223 e. The van der Waals surface area contributed by atoms with E-state index in [2.05, 4.69) is 21.2 Å². The van der Waals surface area contributed by atoms with Crippen molar-refractivity contribution in [2.45, 2.75) is 45.6 Å². The summed E-state index contributed by atoms with van der Waals surface area (Å²) in [4.78, 5) is 12.0. The third-order valence-corrected chi connectivity index (χ3v) is 4.44. The fraction of sp³-hybridized carbons (Fsp3) is 0.562. The first kappa shape index (κ1) is 18.0. The van der Waals surface area contributed by atoms with E-state index in [1.165, 1.54) is 0 Å². The van der Waals surface area contributed by atoms with Crippen LogP contribution in [0.25, 0.3) is 0 Å². The van der Waals surface area contributed by atoms with Gasteiger partial charge in [0.25, 0.3) is 0 Å². The van der Waals surface area contributed by atoms with Crippen LogP contribution in [0.5, 0.6) is 5.75 Å². The van der Waals surface area contributed by atoms with Crippen molar-refractivity contribution in [3.8, 4) is 5.75 Å². The van der Waals surface area contributed by atoms with Crippen molar-refractivity contribution >= 4 is 21.8 Å². The van der Waals surface area contributed by atoms with E-state index >= 15 is 0 Å². The Morgan fingerprint density at radius 3 is 2.57 bits per heavy atom. The highest BCUT2D eigenvalue weighted by molar-refractivity contribution is 9.10. The fourth-order valence-corrected chi connectivity index (χ4v) is 2.71.